The molecule has 0 fully saturated rings. The van der Waals surface area contributed by atoms with Gasteiger partial charge in [-0.15, -0.1) is 0 Å². The van der Waals surface area contributed by atoms with Gasteiger partial charge in [0.15, 0.2) is 6.17 Å². The van der Waals surface area contributed by atoms with E-state index in [4.69, 9.17) is 0 Å². The summed E-state index contributed by atoms with van der Waals surface area (Å²) < 4.78 is 12.6. The first-order valence-corrected chi connectivity index (χ1v) is 19.2. The Balaban J connectivity index is 1.09. The smallest absolute Gasteiger partial charge is 0.153 e. The van der Waals surface area contributed by atoms with Crippen LogP contribution >= 0.6 is 0 Å². The SMILES string of the molecule is c1ccc(-n2c3ccccc3c3cc(-c4cc5c6c(c4)c4ccc7c(c8ccccc8n7-c7ccccc7)c4n6C4C5n5c6ccccc6n54)ccc32)cc1. The molecule has 5 heteroatoms. The average molecular weight is 702 g/mol. The molecule has 0 saturated heterocycles. The summed E-state index contributed by atoms with van der Waals surface area (Å²) in [6, 6.07) is 65.2. The quantitative estimate of drug-likeness (QED) is 0.175. The molecule has 6 heterocycles. The predicted molar refractivity (Wildman–Crippen MR) is 226 cm³/mol. The Morgan fingerprint density at radius 3 is 1.65 bits per heavy atom. The number of para-hydroxylation sites is 6. The Kier molecular flexibility index (Phi) is 5.06. The van der Waals surface area contributed by atoms with Gasteiger partial charge in [-0.25, -0.2) is 0 Å². The maximum atomic E-state index is 2.70. The molecule has 0 amide bonds. The van der Waals surface area contributed by atoms with Crippen LogP contribution in [0.15, 0.2) is 176 Å². The summed E-state index contributed by atoms with van der Waals surface area (Å²) in [5.41, 5.74) is 16.5. The van der Waals surface area contributed by atoms with Crippen LogP contribution in [0.3, 0.4) is 0 Å². The fourth-order valence-corrected chi connectivity index (χ4v) is 10.6. The molecule has 256 valence electrons. The lowest BCUT2D eigenvalue weighted by Gasteiger charge is -2.47. The van der Waals surface area contributed by atoms with Gasteiger partial charge in [0.1, 0.15) is 6.04 Å². The van der Waals surface area contributed by atoms with Crippen LogP contribution in [-0.4, -0.2) is 23.1 Å². The maximum absolute atomic E-state index is 2.70. The molecule has 12 aromatic rings. The van der Waals surface area contributed by atoms with Crippen LogP contribution in [0.1, 0.15) is 17.8 Å². The molecule has 2 aliphatic heterocycles. The van der Waals surface area contributed by atoms with E-state index in [2.05, 4.69) is 199 Å². The first-order chi connectivity index (χ1) is 27.3. The van der Waals surface area contributed by atoms with E-state index in [-0.39, 0.29) is 12.2 Å². The van der Waals surface area contributed by atoms with Gasteiger partial charge >= 0.3 is 0 Å². The zero-order valence-corrected chi connectivity index (χ0v) is 29.6. The first-order valence-electron chi connectivity index (χ1n) is 19.2. The van der Waals surface area contributed by atoms with Crippen LogP contribution in [-0.2, 0) is 0 Å². The minimum atomic E-state index is 0.177. The van der Waals surface area contributed by atoms with E-state index < -0.39 is 0 Å². The van der Waals surface area contributed by atoms with E-state index in [0.29, 0.717) is 0 Å². The second-order valence-corrected chi connectivity index (χ2v) is 15.3. The van der Waals surface area contributed by atoms with Crippen LogP contribution in [0.2, 0.25) is 0 Å². The maximum Gasteiger partial charge on any atom is 0.153 e. The molecule has 0 N–H and O–H groups in total. The molecule has 0 bridgehead atoms. The van der Waals surface area contributed by atoms with Crippen LogP contribution in [0.25, 0.3) is 99.0 Å². The lowest BCUT2D eigenvalue weighted by Crippen LogP contribution is -2.46. The van der Waals surface area contributed by atoms with Gasteiger partial charge < -0.3 is 13.7 Å². The largest absolute Gasteiger partial charge is 0.314 e. The molecule has 2 atom stereocenters. The summed E-state index contributed by atoms with van der Waals surface area (Å²) in [7, 11) is 0. The van der Waals surface area contributed by atoms with Gasteiger partial charge in [0.2, 0.25) is 0 Å². The van der Waals surface area contributed by atoms with Crippen LogP contribution in [0, 0.1) is 0 Å². The molecule has 0 radical (unpaired) electrons. The van der Waals surface area contributed by atoms with Gasteiger partial charge in [-0.2, -0.15) is 0 Å². The van der Waals surface area contributed by atoms with Gasteiger partial charge in [0, 0.05) is 49.3 Å². The van der Waals surface area contributed by atoms with Crippen molar-refractivity contribution in [3.8, 4) is 22.5 Å². The van der Waals surface area contributed by atoms with Crippen molar-refractivity contribution in [3.63, 3.8) is 0 Å². The van der Waals surface area contributed by atoms with Crippen LogP contribution in [0.4, 0.5) is 0 Å². The topological polar surface area (TPSA) is 24.6 Å². The van der Waals surface area contributed by atoms with Crippen molar-refractivity contribution in [2.45, 2.75) is 12.2 Å². The summed E-state index contributed by atoms with van der Waals surface area (Å²) in [6.07, 6.45) is 0.177. The summed E-state index contributed by atoms with van der Waals surface area (Å²) in [4.78, 5) is 0. The molecule has 4 aromatic heterocycles. The van der Waals surface area contributed by atoms with Crippen molar-refractivity contribution in [2.24, 2.45) is 0 Å². The van der Waals surface area contributed by atoms with E-state index in [0.717, 1.165) is 0 Å². The minimum absolute atomic E-state index is 0.177. The molecule has 5 nitrogen and oxygen atoms in total. The van der Waals surface area contributed by atoms with E-state index in [1.54, 1.807) is 0 Å². The highest BCUT2D eigenvalue weighted by Gasteiger charge is 2.50. The molecule has 2 unspecified atom stereocenters. The number of nitrogens with zero attached hydrogens (tertiary/aromatic N) is 5. The van der Waals surface area contributed by atoms with Gasteiger partial charge in [-0.05, 0) is 90.0 Å². The lowest BCUT2D eigenvalue weighted by molar-refractivity contribution is 0.160. The van der Waals surface area contributed by atoms with E-state index in [9.17, 15) is 0 Å². The highest BCUT2D eigenvalue weighted by atomic mass is 15.6. The van der Waals surface area contributed by atoms with E-state index in [1.807, 2.05) is 0 Å². The third-order valence-electron chi connectivity index (χ3n) is 12.7. The molecule has 55 heavy (non-hydrogen) atoms. The van der Waals surface area contributed by atoms with Crippen molar-refractivity contribution in [1.82, 2.24) is 23.1 Å². The Hall–Kier alpha value is -7.24. The summed E-state index contributed by atoms with van der Waals surface area (Å²) in [6.45, 7) is 0. The van der Waals surface area contributed by atoms with Crippen molar-refractivity contribution in [2.75, 3.05) is 0 Å². The first kappa shape index (κ1) is 28.3. The molecular weight excluding hydrogens is 671 g/mol. The summed E-state index contributed by atoms with van der Waals surface area (Å²) in [5.74, 6) is 0. The lowest BCUT2D eigenvalue weighted by atomic mass is 9.93. The summed E-state index contributed by atoms with van der Waals surface area (Å²) in [5, 5.41) is 7.80. The highest BCUT2D eigenvalue weighted by Crippen LogP contribution is 2.58. The fourth-order valence-electron chi connectivity index (χ4n) is 10.6. The number of hydrogen-bond acceptors (Lipinski definition) is 0. The molecular formula is C50H31N5. The Labute approximate surface area is 314 Å². The van der Waals surface area contributed by atoms with Crippen molar-refractivity contribution >= 4 is 76.5 Å². The normalized spacial score (nSPS) is 16.0. The third kappa shape index (κ3) is 3.33. The number of fused-ring (bicyclic) bond motifs is 19. The Bertz CT molecular complexity index is 3610. The Morgan fingerprint density at radius 2 is 0.909 bits per heavy atom. The molecule has 8 aromatic carbocycles. The minimum Gasteiger partial charge on any atom is -0.314 e. The van der Waals surface area contributed by atoms with Crippen molar-refractivity contribution < 1.29 is 0 Å². The van der Waals surface area contributed by atoms with Gasteiger partial charge in [0.25, 0.3) is 0 Å². The fraction of sp³-hybridized carbons (Fsp3) is 0.0400. The number of hydrogen-bond donors (Lipinski definition) is 0. The van der Waals surface area contributed by atoms with Gasteiger partial charge in [-0.1, -0.05) is 97.1 Å². The highest BCUT2D eigenvalue weighted by molar-refractivity contribution is 6.26. The Morgan fingerprint density at radius 1 is 0.345 bits per heavy atom. The van der Waals surface area contributed by atoms with Gasteiger partial charge in [0.05, 0.1) is 44.1 Å². The summed E-state index contributed by atoms with van der Waals surface area (Å²) >= 11 is 0. The molecule has 14 rings (SSSR count). The van der Waals surface area contributed by atoms with Crippen LogP contribution in [0.5, 0.6) is 0 Å². The second kappa shape index (κ2) is 9.84. The third-order valence-corrected chi connectivity index (χ3v) is 12.7. The second-order valence-electron chi connectivity index (χ2n) is 15.3. The van der Waals surface area contributed by atoms with Crippen molar-refractivity contribution in [1.29, 1.82) is 0 Å². The number of rotatable bonds is 3. The zero-order valence-electron chi connectivity index (χ0n) is 29.6. The standard InChI is InChI=1S/C50H31N5/c1-3-13-32(14-4-1)51-40-19-9-7-17-34(40)37-27-30(23-25-42(37)51)31-28-38-35-24-26-45-46(36-18-8-10-20-41(36)52(45)33-15-5-2-6-16-33)48(35)53-47(38)39(29-31)49-50(53)55-44-22-12-11-21-43(44)54(49)55/h1-29,49-50H. The average Bonchev–Trinajstić information content (AvgIpc) is 3.93. The monoisotopic (exact) mass is 701 g/mol. The van der Waals surface area contributed by atoms with Crippen LogP contribution < -0.4 is 0 Å². The number of aromatic nitrogens is 5. The molecule has 0 spiro atoms. The zero-order chi connectivity index (χ0) is 35.5. The molecule has 0 saturated carbocycles. The van der Waals surface area contributed by atoms with E-state index >= 15 is 0 Å². The predicted octanol–water partition coefficient (Wildman–Crippen LogP) is 12.4. The molecule has 0 aliphatic carbocycles. The van der Waals surface area contributed by atoms with E-state index in [1.165, 1.54) is 105 Å². The molecule has 2 aliphatic rings. The number of benzene rings is 8. The van der Waals surface area contributed by atoms with Crippen molar-refractivity contribution in [3.05, 3.63) is 181 Å². The van der Waals surface area contributed by atoms with Gasteiger partial charge in [-0.3, -0.25) is 9.36 Å².